The van der Waals surface area contributed by atoms with E-state index >= 15 is 0 Å². The van der Waals surface area contributed by atoms with Crippen molar-refractivity contribution in [2.45, 2.75) is 110 Å². The van der Waals surface area contributed by atoms with Gasteiger partial charge in [-0.15, -0.1) is 0 Å². The second kappa shape index (κ2) is 15.1. The molecule has 0 bridgehead atoms. The first-order chi connectivity index (χ1) is 22.5. The number of hydrogen-bond acceptors (Lipinski definition) is 6. The molecule has 0 unspecified atom stereocenters. The van der Waals surface area contributed by atoms with E-state index in [1.54, 1.807) is 39.8 Å². The quantitative estimate of drug-likeness (QED) is 0.257. The maximum Gasteiger partial charge on any atom is 0.407 e. The largest absolute Gasteiger partial charge is 0.461 e. The number of nitrogens with zero attached hydrogens (tertiary/aromatic N) is 1. The summed E-state index contributed by atoms with van der Waals surface area (Å²) in [6.07, 6.45) is 8.21. The number of alkyl carbamates (subject to hydrolysis) is 1. The Morgan fingerprint density at radius 3 is 2.38 bits per heavy atom. The Balaban J connectivity index is 1.27. The number of ether oxygens (including phenoxy) is 2. The molecule has 2 aromatic rings. The highest BCUT2D eigenvalue weighted by Crippen LogP contribution is 2.41. The van der Waals surface area contributed by atoms with Crippen LogP contribution in [0.25, 0.3) is 10.9 Å². The number of nitrogens with one attached hydrogen (secondary N) is 3. The minimum atomic E-state index is -0.696. The second-order valence-corrected chi connectivity index (χ2v) is 14.5. The van der Waals surface area contributed by atoms with Crippen LogP contribution in [0.2, 0.25) is 0 Å². The number of fused-ring (bicyclic) bond motifs is 1. The molecule has 0 spiro atoms. The van der Waals surface area contributed by atoms with Crippen molar-refractivity contribution < 1.29 is 33.0 Å². The summed E-state index contributed by atoms with van der Waals surface area (Å²) in [5, 5.41) is 6.57. The lowest BCUT2D eigenvalue weighted by atomic mass is 9.76. The number of amides is 3. The van der Waals surface area contributed by atoms with E-state index in [9.17, 15) is 23.6 Å². The number of anilines is 1. The molecule has 5 rings (SSSR count). The Morgan fingerprint density at radius 2 is 1.72 bits per heavy atom. The molecule has 0 radical (unpaired) electrons. The van der Waals surface area contributed by atoms with E-state index in [0.717, 1.165) is 43.0 Å². The maximum absolute atomic E-state index is 14.1. The Kier molecular flexibility index (Phi) is 11.1. The van der Waals surface area contributed by atoms with E-state index in [2.05, 4.69) is 15.6 Å². The number of rotatable bonds is 9. The minimum absolute atomic E-state index is 0.000950. The van der Waals surface area contributed by atoms with E-state index in [-0.39, 0.29) is 36.2 Å². The average molecular weight is 655 g/mol. The molecular formula is C36H51FN4O6. The molecule has 1 aromatic heterocycles. The van der Waals surface area contributed by atoms with Crippen molar-refractivity contribution in [3.05, 3.63) is 30.0 Å². The van der Waals surface area contributed by atoms with Gasteiger partial charge in [-0.2, -0.15) is 0 Å². The van der Waals surface area contributed by atoms with Crippen molar-refractivity contribution in [2.75, 3.05) is 25.1 Å². The average Bonchev–Trinajstić information content (AvgIpc) is 3.68. The summed E-state index contributed by atoms with van der Waals surface area (Å²) in [5.74, 6) is -0.452. The monoisotopic (exact) mass is 654 g/mol. The highest BCUT2D eigenvalue weighted by Gasteiger charge is 2.47. The first-order valence-electron chi connectivity index (χ1n) is 17.4. The van der Waals surface area contributed by atoms with Crippen molar-refractivity contribution >= 4 is 40.5 Å². The third-order valence-corrected chi connectivity index (χ3v) is 10.2. The summed E-state index contributed by atoms with van der Waals surface area (Å²) in [5.41, 5.74) is 1.04. The molecular weight excluding hydrogens is 603 g/mol. The van der Waals surface area contributed by atoms with Gasteiger partial charge < -0.3 is 30.0 Å². The number of esters is 1. The second-order valence-electron chi connectivity index (χ2n) is 14.5. The molecule has 258 valence electrons. The Morgan fingerprint density at radius 1 is 1.00 bits per heavy atom. The predicted molar refractivity (Wildman–Crippen MR) is 178 cm³/mol. The fourth-order valence-corrected chi connectivity index (χ4v) is 7.95. The number of benzene rings is 1. The van der Waals surface area contributed by atoms with Gasteiger partial charge in [0.15, 0.2) is 0 Å². The number of halogens is 1. The summed E-state index contributed by atoms with van der Waals surface area (Å²) < 4.78 is 24.5. The first kappa shape index (κ1) is 34.7. The lowest BCUT2D eigenvalue weighted by Gasteiger charge is -2.37. The van der Waals surface area contributed by atoms with Gasteiger partial charge in [0.2, 0.25) is 11.8 Å². The lowest BCUT2D eigenvalue weighted by molar-refractivity contribution is -0.142. The van der Waals surface area contributed by atoms with Gasteiger partial charge in [0.25, 0.3) is 0 Å². The van der Waals surface area contributed by atoms with Gasteiger partial charge in [-0.3, -0.25) is 9.59 Å². The molecule has 3 aliphatic rings. The van der Waals surface area contributed by atoms with Gasteiger partial charge in [0.05, 0.1) is 12.6 Å². The van der Waals surface area contributed by atoms with Gasteiger partial charge in [0, 0.05) is 29.1 Å². The summed E-state index contributed by atoms with van der Waals surface area (Å²) in [6.45, 7) is 7.18. The molecule has 3 atom stereocenters. The number of carbonyl (C=O) groups excluding carboxylic acids is 4. The van der Waals surface area contributed by atoms with Gasteiger partial charge >= 0.3 is 12.1 Å². The van der Waals surface area contributed by atoms with Gasteiger partial charge in [0.1, 0.15) is 24.0 Å². The van der Waals surface area contributed by atoms with Crippen LogP contribution in [0, 0.1) is 23.7 Å². The Hall–Kier alpha value is -3.63. The van der Waals surface area contributed by atoms with Crippen molar-refractivity contribution in [3.8, 4) is 0 Å². The third-order valence-electron chi connectivity index (χ3n) is 10.2. The summed E-state index contributed by atoms with van der Waals surface area (Å²) in [7, 11) is 0. The zero-order valence-corrected chi connectivity index (χ0v) is 28.2. The van der Waals surface area contributed by atoms with Crippen LogP contribution >= 0.6 is 0 Å². The molecule has 3 fully saturated rings. The van der Waals surface area contributed by atoms with Crippen LogP contribution < -0.4 is 10.6 Å². The number of aromatic nitrogens is 1. The van der Waals surface area contributed by atoms with E-state index in [0.29, 0.717) is 49.5 Å². The van der Waals surface area contributed by atoms with Gasteiger partial charge in [-0.05, 0) is 102 Å². The smallest absolute Gasteiger partial charge is 0.407 e. The van der Waals surface area contributed by atoms with Crippen molar-refractivity contribution in [1.82, 2.24) is 15.2 Å². The van der Waals surface area contributed by atoms with Crippen molar-refractivity contribution in [2.24, 2.45) is 23.7 Å². The molecule has 1 aromatic carbocycles. The van der Waals surface area contributed by atoms with E-state index < -0.39 is 36.4 Å². The fraction of sp³-hybridized carbons (Fsp3) is 0.667. The van der Waals surface area contributed by atoms with E-state index in [4.69, 9.17) is 9.47 Å². The number of aromatic amines is 1. The molecule has 2 saturated carbocycles. The molecule has 3 amide bonds. The highest BCUT2D eigenvalue weighted by molar-refractivity contribution is 6.01. The number of likely N-dealkylation sites (tertiary alicyclic amines) is 1. The van der Waals surface area contributed by atoms with E-state index in [1.807, 2.05) is 17.0 Å². The van der Waals surface area contributed by atoms with Crippen LogP contribution in [0.5, 0.6) is 0 Å². The highest BCUT2D eigenvalue weighted by atomic mass is 19.1. The molecule has 1 saturated heterocycles. The Bertz CT molecular complexity index is 1420. The van der Waals surface area contributed by atoms with Crippen LogP contribution in [0.3, 0.4) is 0 Å². The summed E-state index contributed by atoms with van der Waals surface area (Å²) in [6, 6.07) is 5.95. The SMILES string of the molecule is CCOC(=O)c1cc2cc(NC(=O)[C@H]3[C@H](C4CCCCC4)CCN3C(=O)C3CCC([C@@H](CF)NC(=O)OC(C)(C)C)CC3)ccc2[nH]1. The molecule has 10 nitrogen and oxygen atoms in total. The topological polar surface area (TPSA) is 130 Å². The van der Waals surface area contributed by atoms with Gasteiger partial charge in [-0.25, -0.2) is 14.0 Å². The Labute approximate surface area is 276 Å². The zero-order chi connectivity index (χ0) is 33.7. The standard InChI is InChI=1S/C36H51FN4O6/c1-5-46-34(44)29-20-25-19-26(15-16-28(25)39-29)38-32(42)31-27(22-9-7-6-8-10-22)17-18-41(31)33(43)24-13-11-23(12-14-24)30(21-37)40-35(45)47-36(2,3)4/h15-16,19-20,22-24,27,30-31,39H,5-14,17-18,21H2,1-4H3,(H,38,42)(H,40,45)/t23?,24?,27-,30+,31+/m0/s1. The van der Waals surface area contributed by atoms with Crippen LogP contribution in [0.15, 0.2) is 24.3 Å². The van der Waals surface area contributed by atoms with Crippen LogP contribution in [-0.4, -0.2) is 71.3 Å². The van der Waals surface area contributed by atoms with E-state index in [1.165, 1.54) is 6.42 Å². The predicted octanol–water partition coefficient (Wildman–Crippen LogP) is 6.75. The number of alkyl halides is 1. The van der Waals surface area contributed by atoms with Crippen LogP contribution in [0.1, 0.15) is 102 Å². The summed E-state index contributed by atoms with van der Waals surface area (Å²) in [4.78, 5) is 57.6. The fourth-order valence-electron chi connectivity index (χ4n) is 7.95. The van der Waals surface area contributed by atoms with Crippen molar-refractivity contribution in [1.29, 1.82) is 0 Å². The normalized spacial score (nSPS) is 24.5. The van der Waals surface area contributed by atoms with Gasteiger partial charge in [-0.1, -0.05) is 32.1 Å². The number of H-pyrrole nitrogens is 1. The molecule has 2 heterocycles. The number of hydrogen-bond donors (Lipinski definition) is 3. The van der Waals surface area contributed by atoms with Crippen LogP contribution in [0.4, 0.5) is 14.9 Å². The molecule has 1 aliphatic heterocycles. The zero-order valence-electron chi connectivity index (χ0n) is 28.2. The third kappa shape index (κ3) is 8.46. The lowest BCUT2D eigenvalue weighted by Crippen LogP contribution is -2.50. The first-order valence-corrected chi connectivity index (χ1v) is 17.4. The molecule has 3 N–H and O–H groups in total. The number of carbonyl (C=O) groups is 4. The molecule has 11 heteroatoms. The molecule has 2 aliphatic carbocycles. The van der Waals surface area contributed by atoms with Crippen LogP contribution in [-0.2, 0) is 19.1 Å². The van der Waals surface area contributed by atoms with Crippen molar-refractivity contribution in [3.63, 3.8) is 0 Å². The summed E-state index contributed by atoms with van der Waals surface area (Å²) >= 11 is 0. The maximum atomic E-state index is 14.1. The molecule has 47 heavy (non-hydrogen) atoms. The minimum Gasteiger partial charge on any atom is -0.461 e.